The molecule has 1 amide bonds. The van der Waals surface area contributed by atoms with Crippen LogP contribution in [0.4, 0.5) is 4.79 Å². The summed E-state index contributed by atoms with van der Waals surface area (Å²) in [6, 6.07) is 26.1. The number of nitrogens with zero attached hydrogens (tertiary/aromatic N) is 1. The van der Waals surface area contributed by atoms with E-state index in [0.29, 0.717) is 18.9 Å². The van der Waals surface area contributed by atoms with Gasteiger partial charge in [0.1, 0.15) is 18.1 Å². The molecule has 172 valence electrons. The predicted octanol–water partition coefficient (Wildman–Crippen LogP) is 5.71. The topological polar surface area (TPSA) is 50.8 Å². The minimum atomic E-state index is -0.452. The van der Waals surface area contributed by atoms with Crippen LogP contribution in [0.3, 0.4) is 0 Å². The number of benzene rings is 3. The molecule has 0 aliphatic heterocycles. The second-order valence-corrected chi connectivity index (χ2v) is 7.99. The van der Waals surface area contributed by atoms with Crippen LogP contribution in [0.2, 0.25) is 0 Å². The van der Waals surface area contributed by atoms with Gasteiger partial charge >= 0.3 is 6.09 Å². The molecule has 33 heavy (non-hydrogen) atoms. The van der Waals surface area contributed by atoms with Crippen LogP contribution >= 0.6 is 0 Å². The Labute approximate surface area is 196 Å². The number of amides is 1. The van der Waals surface area contributed by atoms with Crippen LogP contribution in [0.5, 0.6) is 11.5 Å². The summed E-state index contributed by atoms with van der Waals surface area (Å²) in [6.07, 6.45) is -0.452. The Kier molecular flexibility index (Phi) is 8.67. The number of rotatable bonds is 9. The van der Waals surface area contributed by atoms with Gasteiger partial charge in [-0.1, -0.05) is 54.6 Å². The van der Waals surface area contributed by atoms with Gasteiger partial charge in [0.05, 0.1) is 0 Å². The molecule has 0 aliphatic carbocycles. The van der Waals surface area contributed by atoms with Gasteiger partial charge in [-0.3, -0.25) is 0 Å². The summed E-state index contributed by atoms with van der Waals surface area (Å²) in [5, 5.41) is 2.64. The second-order valence-electron chi connectivity index (χ2n) is 7.99. The Hall–Kier alpha value is -3.57. The SMILES string of the molecule is CCNC(=O)Oc1ccc(/C(=C(/C)c2ccccc2)c2ccc(OCCN(C)C)cc2)cc1. The zero-order chi connectivity index (χ0) is 23.6. The molecule has 0 spiro atoms. The van der Waals surface area contributed by atoms with Gasteiger partial charge in [-0.15, -0.1) is 0 Å². The Balaban J connectivity index is 1.92. The maximum Gasteiger partial charge on any atom is 0.412 e. The molecular formula is C28H32N2O3. The molecule has 0 atom stereocenters. The summed E-state index contributed by atoms with van der Waals surface area (Å²) in [4.78, 5) is 13.8. The molecule has 3 rings (SSSR count). The van der Waals surface area contributed by atoms with Gasteiger partial charge < -0.3 is 19.7 Å². The molecule has 5 nitrogen and oxygen atoms in total. The van der Waals surface area contributed by atoms with Crippen molar-refractivity contribution in [3.8, 4) is 11.5 Å². The summed E-state index contributed by atoms with van der Waals surface area (Å²) in [5.74, 6) is 1.36. The smallest absolute Gasteiger partial charge is 0.412 e. The summed E-state index contributed by atoms with van der Waals surface area (Å²) >= 11 is 0. The van der Waals surface area contributed by atoms with E-state index in [2.05, 4.69) is 41.4 Å². The molecule has 0 unspecified atom stereocenters. The van der Waals surface area contributed by atoms with Crippen molar-refractivity contribution in [3.63, 3.8) is 0 Å². The van der Waals surface area contributed by atoms with E-state index >= 15 is 0 Å². The first-order valence-corrected chi connectivity index (χ1v) is 11.2. The zero-order valence-electron chi connectivity index (χ0n) is 19.8. The van der Waals surface area contributed by atoms with Crippen LogP contribution < -0.4 is 14.8 Å². The molecule has 0 bridgehead atoms. The highest BCUT2D eigenvalue weighted by atomic mass is 16.6. The van der Waals surface area contributed by atoms with Crippen molar-refractivity contribution in [1.82, 2.24) is 10.2 Å². The van der Waals surface area contributed by atoms with Crippen molar-refractivity contribution in [2.75, 3.05) is 33.8 Å². The molecule has 0 fully saturated rings. The van der Waals surface area contributed by atoms with Crippen molar-refractivity contribution < 1.29 is 14.3 Å². The van der Waals surface area contributed by atoms with Crippen LogP contribution in [-0.2, 0) is 0 Å². The van der Waals surface area contributed by atoms with Gasteiger partial charge in [0.2, 0.25) is 0 Å². The number of ether oxygens (including phenoxy) is 2. The number of nitrogens with one attached hydrogen (secondary N) is 1. The van der Waals surface area contributed by atoms with Crippen molar-refractivity contribution in [1.29, 1.82) is 0 Å². The Morgan fingerprint density at radius 3 is 1.94 bits per heavy atom. The van der Waals surface area contributed by atoms with E-state index in [1.54, 1.807) is 0 Å². The largest absolute Gasteiger partial charge is 0.492 e. The lowest BCUT2D eigenvalue weighted by molar-refractivity contribution is 0.201. The van der Waals surface area contributed by atoms with E-state index in [4.69, 9.17) is 9.47 Å². The second kappa shape index (κ2) is 11.9. The molecular weight excluding hydrogens is 412 g/mol. The number of carbonyl (C=O) groups is 1. The van der Waals surface area contributed by atoms with Crippen molar-refractivity contribution in [2.45, 2.75) is 13.8 Å². The van der Waals surface area contributed by atoms with E-state index in [1.165, 1.54) is 0 Å². The third kappa shape index (κ3) is 6.96. The van der Waals surface area contributed by atoms with E-state index < -0.39 is 6.09 Å². The Morgan fingerprint density at radius 2 is 1.39 bits per heavy atom. The lowest BCUT2D eigenvalue weighted by Crippen LogP contribution is -2.26. The number of hydrogen-bond donors (Lipinski definition) is 1. The first kappa shape index (κ1) is 24.1. The highest BCUT2D eigenvalue weighted by Crippen LogP contribution is 2.33. The minimum absolute atomic E-state index is 0.452. The Bertz CT molecular complexity index is 1060. The molecule has 0 saturated heterocycles. The van der Waals surface area contributed by atoms with Gasteiger partial charge in [0.15, 0.2) is 0 Å². The first-order valence-electron chi connectivity index (χ1n) is 11.2. The van der Waals surface area contributed by atoms with Crippen LogP contribution in [0.1, 0.15) is 30.5 Å². The van der Waals surface area contributed by atoms with Gasteiger partial charge in [0, 0.05) is 13.1 Å². The highest BCUT2D eigenvalue weighted by Gasteiger charge is 2.12. The van der Waals surface area contributed by atoms with Crippen molar-refractivity contribution in [3.05, 3.63) is 95.6 Å². The van der Waals surface area contributed by atoms with Crippen molar-refractivity contribution in [2.24, 2.45) is 0 Å². The fraction of sp³-hybridized carbons (Fsp3) is 0.250. The first-order chi connectivity index (χ1) is 16.0. The fourth-order valence-electron chi connectivity index (χ4n) is 3.47. The highest BCUT2D eigenvalue weighted by molar-refractivity contribution is 5.98. The normalized spacial score (nSPS) is 11.7. The summed E-state index contributed by atoms with van der Waals surface area (Å²) in [6.45, 7) is 6.02. The van der Waals surface area contributed by atoms with Crippen LogP contribution in [0.25, 0.3) is 11.1 Å². The molecule has 0 aliphatic rings. The monoisotopic (exact) mass is 444 g/mol. The molecule has 0 aromatic heterocycles. The van der Waals surface area contributed by atoms with Gasteiger partial charge in [-0.05, 0) is 80.0 Å². The molecule has 3 aromatic rings. The third-order valence-electron chi connectivity index (χ3n) is 5.21. The maximum absolute atomic E-state index is 11.7. The average Bonchev–Trinajstić information content (AvgIpc) is 2.82. The number of likely N-dealkylation sites (N-methyl/N-ethyl adjacent to an activating group) is 1. The van der Waals surface area contributed by atoms with Crippen LogP contribution in [0.15, 0.2) is 78.9 Å². The third-order valence-corrected chi connectivity index (χ3v) is 5.21. The summed E-state index contributed by atoms with van der Waals surface area (Å²) in [5.41, 5.74) is 5.57. The Morgan fingerprint density at radius 1 is 0.818 bits per heavy atom. The number of allylic oxidation sites excluding steroid dienone is 1. The van der Waals surface area contributed by atoms with E-state index in [1.807, 2.05) is 75.6 Å². The van der Waals surface area contributed by atoms with Crippen molar-refractivity contribution >= 4 is 17.2 Å². The lowest BCUT2D eigenvalue weighted by atomic mass is 9.90. The quantitative estimate of drug-likeness (QED) is 0.429. The maximum atomic E-state index is 11.7. The van der Waals surface area contributed by atoms with E-state index in [9.17, 15) is 4.79 Å². The molecule has 0 saturated carbocycles. The minimum Gasteiger partial charge on any atom is -0.492 e. The zero-order valence-corrected chi connectivity index (χ0v) is 19.8. The standard InChI is InChI=1S/C28H32N2O3/c1-5-29-28(31)33-26-17-13-24(14-18-26)27(21(2)22-9-7-6-8-10-22)23-11-15-25(16-12-23)32-20-19-30(3)4/h6-18H,5,19-20H2,1-4H3,(H,29,31)/b27-21-. The molecule has 0 radical (unpaired) electrons. The number of carbonyl (C=O) groups excluding carboxylic acids is 1. The molecule has 3 aromatic carbocycles. The lowest BCUT2D eigenvalue weighted by Gasteiger charge is -2.16. The molecule has 0 heterocycles. The summed E-state index contributed by atoms with van der Waals surface area (Å²) < 4.78 is 11.2. The van der Waals surface area contributed by atoms with Gasteiger partial charge in [-0.25, -0.2) is 4.79 Å². The molecule has 1 N–H and O–H groups in total. The van der Waals surface area contributed by atoms with Gasteiger partial charge in [0.25, 0.3) is 0 Å². The number of hydrogen-bond acceptors (Lipinski definition) is 4. The predicted molar refractivity (Wildman–Crippen MR) is 135 cm³/mol. The van der Waals surface area contributed by atoms with Crippen LogP contribution in [-0.4, -0.2) is 44.8 Å². The van der Waals surface area contributed by atoms with Crippen LogP contribution in [0, 0.1) is 0 Å². The summed E-state index contributed by atoms with van der Waals surface area (Å²) in [7, 11) is 4.06. The van der Waals surface area contributed by atoms with Gasteiger partial charge in [-0.2, -0.15) is 0 Å². The fourth-order valence-corrected chi connectivity index (χ4v) is 3.47. The average molecular weight is 445 g/mol. The molecule has 5 heteroatoms. The van der Waals surface area contributed by atoms with E-state index in [-0.39, 0.29) is 0 Å². The van der Waals surface area contributed by atoms with E-state index in [0.717, 1.165) is 40.1 Å².